The van der Waals surface area contributed by atoms with Crippen molar-refractivity contribution in [1.82, 2.24) is 0 Å². The summed E-state index contributed by atoms with van der Waals surface area (Å²) in [5.74, 6) is -2.23. The zero-order chi connectivity index (χ0) is 16.4. The lowest BCUT2D eigenvalue weighted by molar-refractivity contribution is -0.117. The van der Waals surface area contributed by atoms with Crippen LogP contribution in [0.4, 0.5) is 20.2 Å². The zero-order valence-electron chi connectivity index (χ0n) is 12.1. The third-order valence-corrected chi connectivity index (χ3v) is 3.53. The number of carbonyl (C=O) groups is 2. The van der Waals surface area contributed by atoms with Crippen molar-refractivity contribution in [3.8, 4) is 0 Å². The van der Waals surface area contributed by atoms with E-state index in [2.05, 4.69) is 10.6 Å². The number of nitrogens with one attached hydrogen (secondary N) is 2. The van der Waals surface area contributed by atoms with Crippen LogP contribution in [-0.4, -0.2) is 11.8 Å². The minimum absolute atomic E-state index is 0.00447. The Morgan fingerprint density at radius 2 is 1.52 bits per heavy atom. The second kappa shape index (κ2) is 6.16. The first-order chi connectivity index (χ1) is 11.0. The normalized spacial score (nSPS) is 13.5. The van der Waals surface area contributed by atoms with Crippen LogP contribution in [0.2, 0.25) is 0 Å². The van der Waals surface area contributed by atoms with Crippen molar-refractivity contribution in [2.45, 2.75) is 12.8 Å². The molecule has 118 valence electrons. The topological polar surface area (TPSA) is 58.2 Å². The van der Waals surface area contributed by atoms with Crippen LogP contribution in [0.1, 0.15) is 23.2 Å². The lowest BCUT2D eigenvalue weighted by Gasteiger charge is -2.08. The molecule has 1 aliphatic rings. The van der Waals surface area contributed by atoms with Gasteiger partial charge < -0.3 is 10.6 Å². The molecule has 2 aromatic carbocycles. The molecule has 1 aliphatic carbocycles. The van der Waals surface area contributed by atoms with Gasteiger partial charge in [0, 0.05) is 23.4 Å². The van der Waals surface area contributed by atoms with Gasteiger partial charge in [0.25, 0.3) is 5.91 Å². The minimum Gasteiger partial charge on any atom is -0.326 e. The van der Waals surface area contributed by atoms with E-state index in [0.29, 0.717) is 17.4 Å². The maximum atomic E-state index is 13.5. The molecule has 2 amide bonds. The summed E-state index contributed by atoms with van der Waals surface area (Å²) < 4.78 is 26.4. The van der Waals surface area contributed by atoms with Crippen molar-refractivity contribution >= 4 is 23.2 Å². The highest BCUT2D eigenvalue weighted by Gasteiger charge is 2.29. The van der Waals surface area contributed by atoms with E-state index >= 15 is 0 Å². The number of rotatable bonds is 4. The summed E-state index contributed by atoms with van der Waals surface area (Å²) in [7, 11) is 0. The Morgan fingerprint density at radius 3 is 2.09 bits per heavy atom. The molecule has 0 unspecified atom stereocenters. The van der Waals surface area contributed by atoms with Gasteiger partial charge in [0.15, 0.2) is 0 Å². The van der Waals surface area contributed by atoms with Gasteiger partial charge in [-0.2, -0.15) is 0 Å². The van der Waals surface area contributed by atoms with E-state index in [9.17, 15) is 18.4 Å². The second-order valence-corrected chi connectivity index (χ2v) is 5.42. The van der Waals surface area contributed by atoms with Crippen molar-refractivity contribution in [2.75, 3.05) is 10.6 Å². The highest BCUT2D eigenvalue weighted by molar-refractivity contribution is 6.04. The number of halogens is 2. The lowest BCUT2D eigenvalue weighted by atomic mass is 10.2. The predicted octanol–water partition coefficient (Wildman–Crippen LogP) is 3.57. The van der Waals surface area contributed by atoms with E-state index < -0.39 is 17.5 Å². The second-order valence-electron chi connectivity index (χ2n) is 5.42. The molecule has 1 fully saturated rings. The van der Waals surface area contributed by atoms with Gasteiger partial charge in [0.05, 0.1) is 5.56 Å². The maximum Gasteiger partial charge on any atom is 0.258 e. The summed E-state index contributed by atoms with van der Waals surface area (Å²) in [4.78, 5) is 23.6. The molecule has 0 atom stereocenters. The van der Waals surface area contributed by atoms with Gasteiger partial charge >= 0.3 is 0 Å². The van der Waals surface area contributed by atoms with Crippen molar-refractivity contribution in [1.29, 1.82) is 0 Å². The average molecular weight is 316 g/mol. The minimum atomic E-state index is -0.921. The van der Waals surface area contributed by atoms with Gasteiger partial charge in [0.1, 0.15) is 11.6 Å². The highest BCUT2D eigenvalue weighted by atomic mass is 19.1. The number of amides is 2. The number of benzene rings is 2. The largest absolute Gasteiger partial charge is 0.326 e. The van der Waals surface area contributed by atoms with Crippen molar-refractivity contribution in [2.24, 2.45) is 5.92 Å². The first-order valence-electron chi connectivity index (χ1n) is 7.20. The maximum absolute atomic E-state index is 13.5. The van der Waals surface area contributed by atoms with Gasteiger partial charge in [-0.15, -0.1) is 0 Å². The molecule has 0 radical (unpaired) electrons. The van der Waals surface area contributed by atoms with Gasteiger partial charge in [-0.05, 0) is 49.2 Å². The van der Waals surface area contributed by atoms with Crippen LogP contribution >= 0.6 is 0 Å². The molecule has 6 heteroatoms. The zero-order valence-corrected chi connectivity index (χ0v) is 12.1. The van der Waals surface area contributed by atoms with Crippen molar-refractivity contribution < 1.29 is 18.4 Å². The van der Waals surface area contributed by atoms with Gasteiger partial charge in [-0.3, -0.25) is 9.59 Å². The number of anilines is 2. The first kappa shape index (κ1) is 15.1. The molecule has 0 bridgehead atoms. The van der Waals surface area contributed by atoms with E-state index in [1.165, 1.54) is 0 Å². The van der Waals surface area contributed by atoms with Gasteiger partial charge in [-0.1, -0.05) is 0 Å². The molecule has 2 N–H and O–H groups in total. The molecule has 1 saturated carbocycles. The Hall–Kier alpha value is -2.76. The molecule has 23 heavy (non-hydrogen) atoms. The molecule has 0 saturated heterocycles. The van der Waals surface area contributed by atoms with Gasteiger partial charge in [-0.25, -0.2) is 8.78 Å². The van der Waals surface area contributed by atoms with Crippen LogP contribution in [0, 0.1) is 17.6 Å². The molecular formula is C17H14F2N2O2. The predicted molar refractivity (Wildman–Crippen MR) is 82.1 cm³/mol. The summed E-state index contributed by atoms with van der Waals surface area (Å²) in [5, 5.41) is 5.30. The standard InChI is InChI=1S/C17H14F2N2O2/c18-11-3-8-14(15(19)9-11)17(23)21-13-6-4-12(5-7-13)20-16(22)10-1-2-10/h3-10H,1-2H2,(H,20,22)(H,21,23). The lowest BCUT2D eigenvalue weighted by Crippen LogP contribution is -2.15. The van der Waals surface area contributed by atoms with Crippen LogP contribution < -0.4 is 10.6 Å². The molecule has 0 aromatic heterocycles. The van der Waals surface area contributed by atoms with Crippen LogP contribution in [0.15, 0.2) is 42.5 Å². The summed E-state index contributed by atoms with van der Waals surface area (Å²) in [5.41, 5.74) is 0.841. The summed E-state index contributed by atoms with van der Waals surface area (Å²) >= 11 is 0. The molecule has 0 heterocycles. The Morgan fingerprint density at radius 1 is 0.913 bits per heavy atom. The van der Waals surface area contributed by atoms with E-state index in [1.54, 1.807) is 24.3 Å². The fourth-order valence-electron chi connectivity index (χ4n) is 2.10. The monoisotopic (exact) mass is 316 g/mol. The molecular weight excluding hydrogens is 302 g/mol. The fourth-order valence-corrected chi connectivity index (χ4v) is 2.10. The Labute approximate surface area is 131 Å². The highest BCUT2D eigenvalue weighted by Crippen LogP contribution is 2.30. The summed E-state index contributed by atoms with van der Waals surface area (Å²) in [6.45, 7) is 0. The molecule has 3 rings (SSSR count). The number of carbonyl (C=O) groups excluding carboxylic acids is 2. The first-order valence-corrected chi connectivity index (χ1v) is 7.20. The van der Waals surface area contributed by atoms with Crippen LogP contribution in [0.3, 0.4) is 0 Å². The van der Waals surface area contributed by atoms with E-state index in [-0.39, 0.29) is 17.4 Å². The molecule has 0 aliphatic heterocycles. The van der Waals surface area contributed by atoms with Crippen molar-refractivity contribution in [3.05, 3.63) is 59.7 Å². The average Bonchev–Trinajstić information content (AvgIpc) is 3.33. The fraction of sp³-hybridized carbons (Fsp3) is 0.176. The van der Waals surface area contributed by atoms with Crippen LogP contribution in [0.5, 0.6) is 0 Å². The third-order valence-electron chi connectivity index (χ3n) is 3.53. The summed E-state index contributed by atoms with van der Waals surface area (Å²) in [6.07, 6.45) is 1.84. The third kappa shape index (κ3) is 3.71. The SMILES string of the molecule is O=C(Nc1ccc(NC(=O)C2CC2)cc1)c1ccc(F)cc1F. The quantitative estimate of drug-likeness (QED) is 0.906. The number of hydrogen-bond acceptors (Lipinski definition) is 2. The van der Waals surface area contributed by atoms with E-state index in [4.69, 9.17) is 0 Å². The van der Waals surface area contributed by atoms with Crippen LogP contribution in [0.25, 0.3) is 0 Å². The molecule has 0 spiro atoms. The van der Waals surface area contributed by atoms with E-state index in [1.807, 2.05) is 0 Å². The Kier molecular flexibility index (Phi) is 4.06. The smallest absolute Gasteiger partial charge is 0.258 e. The summed E-state index contributed by atoms with van der Waals surface area (Å²) in [6, 6.07) is 9.27. The van der Waals surface area contributed by atoms with Crippen molar-refractivity contribution in [3.63, 3.8) is 0 Å². The van der Waals surface area contributed by atoms with Crippen LogP contribution in [-0.2, 0) is 4.79 Å². The van der Waals surface area contributed by atoms with Gasteiger partial charge in [0.2, 0.25) is 5.91 Å². The van der Waals surface area contributed by atoms with E-state index in [0.717, 1.165) is 25.0 Å². The Balaban J connectivity index is 1.65. The Bertz CT molecular complexity index is 756. The molecule has 4 nitrogen and oxygen atoms in total. The molecule has 2 aromatic rings. The number of hydrogen-bond donors (Lipinski definition) is 2.